The van der Waals surface area contributed by atoms with E-state index in [1.165, 1.54) is 5.56 Å². The van der Waals surface area contributed by atoms with E-state index in [1.807, 2.05) is 32.0 Å². The molecular formula is C17H26O5. The average Bonchev–Trinajstić information content (AvgIpc) is 2.44. The van der Waals surface area contributed by atoms with Gasteiger partial charge in [-0.3, -0.25) is 0 Å². The Bertz CT molecular complexity index is 430. The zero-order valence-electron chi connectivity index (χ0n) is 13.3. The van der Waals surface area contributed by atoms with Gasteiger partial charge in [-0.05, 0) is 32.3 Å². The van der Waals surface area contributed by atoms with Crippen molar-refractivity contribution in [3.05, 3.63) is 35.9 Å². The molecule has 124 valence electrons. The van der Waals surface area contributed by atoms with E-state index in [4.69, 9.17) is 14.6 Å². The lowest BCUT2D eigenvalue weighted by Gasteiger charge is -2.27. The summed E-state index contributed by atoms with van der Waals surface area (Å²) in [6.45, 7) is 4.05. The summed E-state index contributed by atoms with van der Waals surface area (Å²) in [4.78, 5) is 10.3. The Morgan fingerprint density at radius 1 is 1.27 bits per heavy atom. The Balaban J connectivity index is 2.18. The molecule has 0 bridgehead atoms. The summed E-state index contributed by atoms with van der Waals surface area (Å²) in [6.07, 6.45) is 1.54. The predicted octanol–water partition coefficient (Wildman–Crippen LogP) is 2.27. The molecule has 22 heavy (non-hydrogen) atoms. The number of carbonyl (C=O) groups is 1. The molecule has 0 amide bonds. The molecule has 5 nitrogen and oxygen atoms in total. The van der Waals surface area contributed by atoms with E-state index in [0.29, 0.717) is 13.0 Å². The lowest BCUT2D eigenvalue weighted by molar-refractivity contribution is -0.143. The number of carboxylic acids is 1. The van der Waals surface area contributed by atoms with E-state index in [1.54, 1.807) is 0 Å². The van der Waals surface area contributed by atoms with Crippen LogP contribution in [0.25, 0.3) is 0 Å². The number of rotatable bonds is 11. The molecule has 0 fully saturated rings. The van der Waals surface area contributed by atoms with Crippen molar-refractivity contribution in [1.29, 1.82) is 0 Å². The average molecular weight is 310 g/mol. The fourth-order valence-corrected chi connectivity index (χ4v) is 2.24. The van der Waals surface area contributed by atoms with Gasteiger partial charge in [0.05, 0.1) is 18.3 Å². The number of benzene rings is 1. The molecule has 5 heteroatoms. The molecule has 1 aromatic rings. The molecule has 0 aliphatic heterocycles. The molecule has 2 N–H and O–H groups in total. The highest BCUT2D eigenvalue weighted by atomic mass is 16.5. The molecule has 1 unspecified atom stereocenters. The maximum Gasteiger partial charge on any atom is 0.329 e. The lowest BCUT2D eigenvalue weighted by atomic mass is 10.0. The van der Waals surface area contributed by atoms with Crippen LogP contribution in [0.15, 0.2) is 30.3 Å². The summed E-state index contributed by atoms with van der Waals surface area (Å²) in [6, 6.07) is 10.2. The number of hydrogen-bond acceptors (Lipinski definition) is 4. The Labute approximate surface area is 131 Å². The summed E-state index contributed by atoms with van der Waals surface area (Å²) in [5, 5.41) is 18.3. The summed E-state index contributed by atoms with van der Waals surface area (Å²) >= 11 is 0. The van der Waals surface area contributed by atoms with Crippen LogP contribution in [0, 0.1) is 0 Å². The van der Waals surface area contributed by atoms with Crippen molar-refractivity contribution in [3.63, 3.8) is 0 Å². The Kier molecular flexibility index (Phi) is 8.09. The van der Waals surface area contributed by atoms with Gasteiger partial charge in [0.25, 0.3) is 0 Å². The minimum Gasteiger partial charge on any atom is -0.480 e. The molecule has 0 saturated carbocycles. The highest BCUT2D eigenvalue weighted by molar-refractivity contribution is 5.67. The maximum atomic E-state index is 10.3. The molecular weight excluding hydrogens is 284 g/mol. The van der Waals surface area contributed by atoms with E-state index >= 15 is 0 Å². The second-order valence-corrected chi connectivity index (χ2v) is 5.96. The van der Waals surface area contributed by atoms with Gasteiger partial charge in [0.1, 0.15) is 6.61 Å². The Hall–Kier alpha value is -1.43. The Morgan fingerprint density at radius 3 is 2.59 bits per heavy atom. The van der Waals surface area contributed by atoms with Crippen LogP contribution in [0.2, 0.25) is 0 Å². The standard InChI is InChI=1S/C17H26O5/c1-17(2,11-15(18)12-21-13-16(19)20)22-10-6-9-14-7-4-3-5-8-14/h3-5,7-8,15,18H,6,9-13H2,1-2H3,(H,19,20). The van der Waals surface area contributed by atoms with Gasteiger partial charge < -0.3 is 19.7 Å². The van der Waals surface area contributed by atoms with Crippen LogP contribution >= 0.6 is 0 Å². The fraction of sp³-hybridized carbons (Fsp3) is 0.588. The van der Waals surface area contributed by atoms with Crippen LogP contribution in [-0.4, -0.2) is 47.7 Å². The van der Waals surface area contributed by atoms with Gasteiger partial charge in [-0.1, -0.05) is 30.3 Å². The minimum absolute atomic E-state index is 0.00308. The summed E-state index contributed by atoms with van der Waals surface area (Å²) in [7, 11) is 0. The quantitative estimate of drug-likeness (QED) is 0.613. The zero-order chi connectivity index (χ0) is 16.4. The van der Waals surface area contributed by atoms with Gasteiger partial charge in [0, 0.05) is 13.0 Å². The molecule has 0 spiro atoms. The second-order valence-electron chi connectivity index (χ2n) is 5.96. The smallest absolute Gasteiger partial charge is 0.329 e. The molecule has 0 aromatic heterocycles. The molecule has 0 saturated heterocycles. The van der Waals surface area contributed by atoms with Gasteiger partial charge in [0.2, 0.25) is 0 Å². The van der Waals surface area contributed by atoms with Crippen molar-refractivity contribution in [2.24, 2.45) is 0 Å². The first-order valence-corrected chi connectivity index (χ1v) is 7.54. The SMILES string of the molecule is CC(C)(CC(O)COCC(=O)O)OCCCc1ccccc1. The van der Waals surface area contributed by atoms with Crippen LogP contribution in [0.1, 0.15) is 32.3 Å². The number of aliphatic hydroxyl groups excluding tert-OH is 1. The third-order valence-electron chi connectivity index (χ3n) is 3.21. The van der Waals surface area contributed by atoms with Crippen molar-refractivity contribution in [3.8, 4) is 0 Å². The molecule has 0 aliphatic rings. The highest BCUT2D eigenvalue weighted by Gasteiger charge is 2.23. The van der Waals surface area contributed by atoms with Crippen LogP contribution < -0.4 is 0 Å². The Morgan fingerprint density at radius 2 is 1.95 bits per heavy atom. The third kappa shape index (κ3) is 8.77. The van der Waals surface area contributed by atoms with Gasteiger partial charge >= 0.3 is 5.97 Å². The number of hydrogen-bond donors (Lipinski definition) is 2. The highest BCUT2D eigenvalue weighted by Crippen LogP contribution is 2.18. The second kappa shape index (κ2) is 9.56. The first kappa shape index (κ1) is 18.6. The number of aliphatic hydroxyl groups is 1. The molecule has 1 aromatic carbocycles. The minimum atomic E-state index is -1.04. The van der Waals surface area contributed by atoms with Crippen LogP contribution in [0.4, 0.5) is 0 Å². The van der Waals surface area contributed by atoms with Crippen molar-refractivity contribution < 1.29 is 24.5 Å². The number of ether oxygens (including phenoxy) is 2. The van der Waals surface area contributed by atoms with E-state index in [0.717, 1.165) is 12.8 Å². The molecule has 1 rings (SSSR count). The van der Waals surface area contributed by atoms with Crippen LogP contribution in [-0.2, 0) is 20.7 Å². The largest absolute Gasteiger partial charge is 0.480 e. The van der Waals surface area contributed by atoms with E-state index in [9.17, 15) is 9.90 Å². The maximum absolute atomic E-state index is 10.3. The van der Waals surface area contributed by atoms with E-state index in [2.05, 4.69) is 12.1 Å². The third-order valence-corrected chi connectivity index (χ3v) is 3.21. The lowest BCUT2D eigenvalue weighted by Crippen LogP contribution is -2.33. The summed E-state index contributed by atoms with van der Waals surface area (Å²) in [5.41, 5.74) is 0.814. The summed E-state index contributed by atoms with van der Waals surface area (Å²) in [5.74, 6) is -1.04. The number of aliphatic carboxylic acids is 1. The van der Waals surface area contributed by atoms with E-state index in [-0.39, 0.29) is 6.61 Å². The zero-order valence-corrected chi connectivity index (χ0v) is 13.3. The molecule has 0 heterocycles. The van der Waals surface area contributed by atoms with Gasteiger partial charge in [0.15, 0.2) is 0 Å². The fourth-order valence-electron chi connectivity index (χ4n) is 2.24. The topological polar surface area (TPSA) is 76.0 Å². The van der Waals surface area contributed by atoms with Crippen molar-refractivity contribution in [2.45, 2.75) is 44.8 Å². The normalized spacial score (nSPS) is 13.0. The van der Waals surface area contributed by atoms with E-state index < -0.39 is 24.3 Å². The monoisotopic (exact) mass is 310 g/mol. The predicted molar refractivity (Wildman–Crippen MR) is 83.9 cm³/mol. The van der Waals surface area contributed by atoms with Crippen LogP contribution in [0.3, 0.4) is 0 Å². The number of aryl methyl sites for hydroxylation is 1. The summed E-state index contributed by atoms with van der Waals surface area (Å²) < 4.78 is 10.7. The van der Waals surface area contributed by atoms with Crippen LogP contribution in [0.5, 0.6) is 0 Å². The molecule has 0 radical (unpaired) electrons. The van der Waals surface area contributed by atoms with Crippen molar-refractivity contribution >= 4 is 5.97 Å². The van der Waals surface area contributed by atoms with Crippen molar-refractivity contribution in [1.82, 2.24) is 0 Å². The molecule has 0 aliphatic carbocycles. The van der Waals surface area contributed by atoms with Gasteiger partial charge in [-0.15, -0.1) is 0 Å². The first-order valence-electron chi connectivity index (χ1n) is 7.54. The van der Waals surface area contributed by atoms with Crippen molar-refractivity contribution in [2.75, 3.05) is 19.8 Å². The number of carboxylic acid groups (broad SMARTS) is 1. The van der Waals surface area contributed by atoms with Gasteiger partial charge in [-0.25, -0.2) is 4.79 Å². The first-order chi connectivity index (χ1) is 10.4. The van der Waals surface area contributed by atoms with Gasteiger partial charge in [-0.2, -0.15) is 0 Å². The molecule has 1 atom stereocenters.